The molecule has 18 heavy (non-hydrogen) atoms. The molecule has 90 valence electrons. The number of nitrogens with zero attached hydrogens (tertiary/aromatic N) is 2. The van der Waals surface area contributed by atoms with E-state index in [9.17, 15) is 4.39 Å². The van der Waals surface area contributed by atoms with Crippen LogP contribution in [0.15, 0.2) is 34.1 Å². The molecule has 0 aliphatic heterocycles. The molecule has 6 heteroatoms. The SMILES string of the molecule is Fc1ccc(Br)c2c(Cl)nc(-c3cccs3)nc12. The van der Waals surface area contributed by atoms with Gasteiger partial charge in [-0.25, -0.2) is 14.4 Å². The molecule has 2 nitrogen and oxygen atoms in total. The van der Waals surface area contributed by atoms with Gasteiger partial charge in [0.05, 0.1) is 10.3 Å². The van der Waals surface area contributed by atoms with Crippen LogP contribution in [0.5, 0.6) is 0 Å². The van der Waals surface area contributed by atoms with Crippen LogP contribution in [0.4, 0.5) is 4.39 Å². The molecule has 0 radical (unpaired) electrons. The van der Waals surface area contributed by atoms with Crippen molar-refractivity contribution in [2.24, 2.45) is 0 Å². The van der Waals surface area contributed by atoms with Crippen molar-refractivity contribution in [2.45, 2.75) is 0 Å². The highest BCUT2D eigenvalue weighted by Gasteiger charge is 2.14. The third-order valence-corrected chi connectivity index (χ3v) is 4.25. The number of rotatable bonds is 1. The zero-order chi connectivity index (χ0) is 12.7. The topological polar surface area (TPSA) is 25.8 Å². The van der Waals surface area contributed by atoms with Crippen molar-refractivity contribution in [3.05, 3.63) is 45.1 Å². The third kappa shape index (κ3) is 1.92. The first kappa shape index (κ1) is 12.0. The smallest absolute Gasteiger partial charge is 0.171 e. The van der Waals surface area contributed by atoms with Crippen LogP contribution >= 0.6 is 38.9 Å². The average Bonchev–Trinajstić information content (AvgIpc) is 2.87. The first-order valence-corrected chi connectivity index (χ1v) is 7.07. The molecular weight excluding hydrogens is 339 g/mol. The summed E-state index contributed by atoms with van der Waals surface area (Å²) in [4.78, 5) is 9.32. The Balaban J connectivity index is 2.37. The van der Waals surface area contributed by atoms with E-state index in [1.54, 1.807) is 6.07 Å². The largest absolute Gasteiger partial charge is 0.224 e. The van der Waals surface area contributed by atoms with E-state index in [-0.39, 0.29) is 10.7 Å². The molecule has 1 aromatic carbocycles. The molecule has 2 aromatic heterocycles. The molecule has 0 spiro atoms. The lowest BCUT2D eigenvalue weighted by Gasteiger charge is -2.05. The van der Waals surface area contributed by atoms with Gasteiger partial charge in [0.15, 0.2) is 5.82 Å². The Morgan fingerprint density at radius 3 is 2.78 bits per heavy atom. The number of benzene rings is 1. The lowest BCUT2D eigenvalue weighted by molar-refractivity contribution is 0.636. The van der Waals surface area contributed by atoms with Gasteiger partial charge in [-0.15, -0.1) is 11.3 Å². The fourth-order valence-corrected chi connectivity index (χ4v) is 3.19. The summed E-state index contributed by atoms with van der Waals surface area (Å²) in [5.74, 6) is 0.0369. The molecule has 0 fully saturated rings. The van der Waals surface area contributed by atoms with Crippen molar-refractivity contribution in [2.75, 3.05) is 0 Å². The van der Waals surface area contributed by atoms with Crippen molar-refractivity contribution in [1.29, 1.82) is 0 Å². The normalized spacial score (nSPS) is 11.1. The minimum Gasteiger partial charge on any atom is -0.224 e. The lowest BCUT2D eigenvalue weighted by Crippen LogP contribution is -1.93. The quantitative estimate of drug-likeness (QED) is 0.587. The van der Waals surface area contributed by atoms with Crippen molar-refractivity contribution in [1.82, 2.24) is 9.97 Å². The minimum absolute atomic E-state index is 0.229. The Morgan fingerprint density at radius 2 is 2.06 bits per heavy atom. The molecule has 3 aromatic rings. The first-order valence-electron chi connectivity index (χ1n) is 5.02. The summed E-state index contributed by atoms with van der Waals surface area (Å²) < 4.78 is 14.5. The maximum Gasteiger partial charge on any atom is 0.171 e. The Labute approximate surface area is 120 Å². The molecule has 0 saturated carbocycles. The van der Waals surface area contributed by atoms with Crippen LogP contribution in [0.2, 0.25) is 5.15 Å². The zero-order valence-corrected chi connectivity index (χ0v) is 12.0. The van der Waals surface area contributed by atoms with Crippen molar-refractivity contribution in [3.8, 4) is 10.7 Å². The standard InChI is InChI=1S/C12H5BrClFN2S/c13-6-3-4-7(15)10-9(6)11(14)17-12(16-10)8-2-1-5-18-8/h1-5H. The molecule has 0 N–H and O–H groups in total. The molecular formula is C12H5BrClFN2S. The van der Waals surface area contributed by atoms with Crippen molar-refractivity contribution >= 4 is 49.8 Å². The van der Waals surface area contributed by atoms with Gasteiger partial charge in [0, 0.05) is 4.47 Å². The van der Waals surface area contributed by atoms with E-state index in [0.29, 0.717) is 15.7 Å². The number of thiophene rings is 1. The first-order chi connectivity index (χ1) is 8.66. The number of halogens is 3. The summed E-state index contributed by atoms with van der Waals surface area (Å²) in [5, 5.41) is 2.65. The number of hydrogen-bond acceptors (Lipinski definition) is 3. The maximum absolute atomic E-state index is 13.8. The number of hydrogen-bond donors (Lipinski definition) is 0. The van der Waals surface area contributed by atoms with E-state index in [2.05, 4.69) is 25.9 Å². The maximum atomic E-state index is 13.8. The van der Waals surface area contributed by atoms with Crippen LogP contribution in [0.3, 0.4) is 0 Å². The van der Waals surface area contributed by atoms with Crippen LogP contribution < -0.4 is 0 Å². The van der Waals surface area contributed by atoms with E-state index in [0.717, 1.165) is 4.88 Å². The summed E-state index contributed by atoms with van der Waals surface area (Å²) in [6, 6.07) is 6.71. The highest BCUT2D eigenvalue weighted by Crippen LogP contribution is 2.32. The second kappa shape index (κ2) is 4.57. The molecule has 0 saturated heterocycles. The number of fused-ring (bicyclic) bond motifs is 1. The van der Waals surface area contributed by atoms with Gasteiger partial charge in [-0.3, -0.25) is 0 Å². The Kier molecular flexibility index (Phi) is 3.05. The monoisotopic (exact) mass is 342 g/mol. The molecule has 0 bridgehead atoms. The summed E-state index contributed by atoms with van der Waals surface area (Å²) in [6.45, 7) is 0. The molecule has 0 amide bonds. The van der Waals surface area contributed by atoms with Gasteiger partial charge in [0.2, 0.25) is 0 Å². The van der Waals surface area contributed by atoms with E-state index in [4.69, 9.17) is 11.6 Å². The van der Waals surface area contributed by atoms with E-state index in [1.807, 2.05) is 17.5 Å². The molecule has 3 rings (SSSR count). The molecule has 2 heterocycles. The van der Waals surface area contributed by atoms with E-state index >= 15 is 0 Å². The Hall–Kier alpha value is -1.04. The van der Waals surface area contributed by atoms with E-state index in [1.165, 1.54) is 17.4 Å². The predicted octanol–water partition coefficient (Wildman–Crippen LogP) is 4.91. The lowest BCUT2D eigenvalue weighted by atomic mass is 10.2. The van der Waals surface area contributed by atoms with Gasteiger partial charge in [-0.2, -0.15) is 0 Å². The summed E-state index contributed by atoms with van der Waals surface area (Å²) in [7, 11) is 0. The highest BCUT2D eigenvalue weighted by molar-refractivity contribution is 9.10. The molecule has 0 unspecified atom stereocenters. The van der Waals surface area contributed by atoms with Crippen LogP contribution in [-0.2, 0) is 0 Å². The third-order valence-electron chi connectivity index (χ3n) is 2.45. The summed E-state index contributed by atoms with van der Waals surface area (Å²) in [6.07, 6.45) is 0. The van der Waals surface area contributed by atoms with Gasteiger partial charge in [-0.1, -0.05) is 17.7 Å². The second-order valence-electron chi connectivity index (χ2n) is 3.57. The van der Waals surface area contributed by atoms with Crippen LogP contribution in [-0.4, -0.2) is 9.97 Å². The molecule has 0 aliphatic rings. The molecule has 0 aliphatic carbocycles. The fraction of sp³-hybridized carbons (Fsp3) is 0. The summed E-state index contributed by atoms with van der Waals surface area (Å²) >= 11 is 10.9. The zero-order valence-electron chi connectivity index (χ0n) is 8.82. The highest BCUT2D eigenvalue weighted by atomic mass is 79.9. The Morgan fingerprint density at radius 1 is 1.22 bits per heavy atom. The van der Waals surface area contributed by atoms with Gasteiger partial charge in [-0.05, 0) is 39.5 Å². The number of aromatic nitrogens is 2. The summed E-state index contributed by atoms with van der Waals surface area (Å²) in [5.41, 5.74) is 0.229. The van der Waals surface area contributed by atoms with Gasteiger partial charge >= 0.3 is 0 Å². The predicted molar refractivity (Wildman–Crippen MR) is 75.5 cm³/mol. The van der Waals surface area contributed by atoms with Crippen LogP contribution in [0.25, 0.3) is 21.6 Å². The van der Waals surface area contributed by atoms with Gasteiger partial charge in [0.25, 0.3) is 0 Å². The minimum atomic E-state index is -0.407. The van der Waals surface area contributed by atoms with Gasteiger partial charge in [0.1, 0.15) is 16.5 Å². The van der Waals surface area contributed by atoms with Crippen molar-refractivity contribution < 1.29 is 4.39 Å². The fourth-order valence-electron chi connectivity index (χ4n) is 1.64. The second-order valence-corrected chi connectivity index (χ2v) is 5.73. The van der Waals surface area contributed by atoms with E-state index < -0.39 is 5.82 Å². The van der Waals surface area contributed by atoms with Crippen molar-refractivity contribution in [3.63, 3.8) is 0 Å². The van der Waals surface area contributed by atoms with Crippen LogP contribution in [0.1, 0.15) is 0 Å². The Bertz CT molecular complexity index is 731. The van der Waals surface area contributed by atoms with Crippen LogP contribution in [0, 0.1) is 5.82 Å². The van der Waals surface area contributed by atoms with Gasteiger partial charge < -0.3 is 0 Å². The average molecular weight is 344 g/mol. The molecule has 0 atom stereocenters.